The molecule has 14 heavy (non-hydrogen) atoms. The molecular formula is C11H15ClN2. The van der Waals surface area contributed by atoms with Crippen LogP contribution in [0.1, 0.15) is 5.56 Å². The summed E-state index contributed by atoms with van der Waals surface area (Å²) in [6.07, 6.45) is 1.07. The van der Waals surface area contributed by atoms with E-state index in [-0.39, 0.29) is 0 Å². The standard InChI is InChI=1S/C11H15ClN2/c1-13-10-6-8-5-9(12)3-4-11(8)14(2)7-10/h3-5,10,13H,6-7H2,1-2H3. The highest BCUT2D eigenvalue weighted by atomic mass is 35.5. The number of anilines is 1. The molecule has 0 aromatic heterocycles. The van der Waals surface area contributed by atoms with Crippen LogP contribution in [0.4, 0.5) is 5.69 Å². The molecule has 1 unspecified atom stereocenters. The third kappa shape index (κ3) is 1.72. The molecule has 0 aliphatic carbocycles. The van der Waals surface area contributed by atoms with Crippen molar-refractivity contribution < 1.29 is 0 Å². The van der Waals surface area contributed by atoms with Gasteiger partial charge in [0.05, 0.1) is 0 Å². The van der Waals surface area contributed by atoms with Gasteiger partial charge < -0.3 is 10.2 Å². The summed E-state index contributed by atoms with van der Waals surface area (Å²) < 4.78 is 0. The fraction of sp³-hybridized carbons (Fsp3) is 0.455. The number of hydrogen-bond donors (Lipinski definition) is 1. The van der Waals surface area contributed by atoms with E-state index in [2.05, 4.69) is 29.4 Å². The molecule has 1 aliphatic rings. The van der Waals surface area contributed by atoms with Gasteiger partial charge in [0.25, 0.3) is 0 Å². The van der Waals surface area contributed by atoms with Gasteiger partial charge in [0.15, 0.2) is 0 Å². The van der Waals surface area contributed by atoms with Crippen molar-refractivity contribution in [2.75, 3.05) is 25.5 Å². The minimum atomic E-state index is 0.533. The van der Waals surface area contributed by atoms with E-state index in [1.54, 1.807) is 0 Å². The third-order valence-corrected chi connectivity index (χ3v) is 3.06. The lowest BCUT2D eigenvalue weighted by Crippen LogP contribution is -2.43. The van der Waals surface area contributed by atoms with E-state index in [1.165, 1.54) is 11.3 Å². The predicted molar refractivity (Wildman–Crippen MR) is 61.3 cm³/mol. The van der Waals surface area contributed by atoms with E-state index in [9.17, 15) is 0 Å². The number of nitrogens with zero attached hydrogens (tertiary/aromatic N) is 1. The molecule has 1 aromatic carbocycles. The number of rotatable bonds is 1. The number of likely N-dealkylation sites (N-methyl/N-ethyl adjacent to an activating group) is 2. The van der Waals surface area contributed by atoms with E-state index in [0.29, 0.717) is 6.04 Å². The minimum absolute atomic E-state index is 0.533. The summed E-state index contributed by atoms with van der Waals surface area (Å²) in [6, 6.07) is 6.66. The highest BCUT2D eigenvalue weighted by Gasteiger charge is 2.20. The molecule has 0 saturated heterocycles. The first-order chi connectivity index (χ1) is 6.70. The summed E-state index contributed by atoms with van der Waals surface area (Å²) in [7, 11) is 4.13. The number of benzene rings is 1. The van der Waals surface area contributed by atoms with Crippen LogP contribution in [0.5, 0.6) is 0 Å². The van der Waals surface area contributed by atoms with E-state index < -0.39 is 0 Å². The normalized spacial score (nSPS) is 20.8. The van der Waals surface area contributed by atoms with Crippen LogP contribution in [-0.4, -0.2) is 26.7 Å². The Balaban J connectivity index is 2.35. The molecule has 0 saturated carbocycles. The molecule has 2 nitrogen and oxygen atoms in total. The Morgan fingerprint density at radius 3 is 3.00 bits per heavy atom. The third-order valence-electron chi connectivity index (χ3n) is 2.82. The maximum atomic E-state index is 5.98. The smallest absolute Gasteiger partial charge is 0.0410 e. The van der Waals surface area contributed by atoms with Gasteiger partial charge in [-0.15, -0.1) is 0 Å². The Morgan fingerprint density at radius 1 is 1.50 bits per heavy atom. The fourth-order valence-corrected chi connectivity index (χ4v) is 2.24. The second-order valence-corrected chi connectivity index (χ2v) is 4.28. The van der Waals surface area contributed by atoms with Crippen molar-refractivity contribution in [2.45, 2.75) is 12.5 Å². The highest BCUT2D eigenvalue weighted by molar-refractivity contribution is 6.30. The van der Waals surface area contributed by atoms with Crippen LogP contribution in [0.25, 0.3) is 0 Å². The minimum Gasteiger partial charge on any atom is -0.373 e. The molecule has 76 valence electrons. The van der Waals surface area contributed by atoms with Gasteiger partial charge in [0.1, 0.15) is 0 Å². The lowest BCUT2D eigenvalue weighted by Gasteiger charge is -2.33. The molecule has 1 N–H and O–H groups in total. The van der Waals surface area contributed by atoms with Gasteiger partial charge in [-0.25, -0.2) is 0 Å². The first-order valence-electron chi connectivity index (χ1n) is 4.87. The van der Waals surface area contributed by atoms with E-state index in [4.69, 9.17) is 11.6 Å². The molecule has 0 amide bonds. The maximum absolute atomic E-state index is 5.98. The van der Waals surface area contributed by atoms with Gasteiger partial charge in [-0.05, 0) is 37.2 Å². The molecule has 1 atom stereocenters. The Kier molecular flexibility index (Phi) is 2.66. The van der Waals surface area contributed by atoms with Crippen LogP contribution in [0.3, 0.4) is 0 Å². The summed E-state index contributed by atoms with van der Waals surface area (Å²) in [4.78, 5) is 2.27. The Labute approximate surface area is 89.9 Å². The zero-order valence-electron chi connectivity index (χ0n) is 8.55. The van der Waals surface area contributed by atoms with Crippen molar-refractivity contribution in [3.63, 3.8) is 0 Å². The molecular weight excluding hydrogens is 196 g/mol. The monoisotopic (exact) mass is 210 g/mol. The van der Waals surface area contributed by atoms with Gasteiger partial charge >= 0.3 is 0 Å². The SMILES string of the molecule is CNC1Cc2cc(Cl)ccc2N(C)C1. The Morgan fingerprint density at radius 2 is 2.29 bits per heavy atom. The quantitative estimate of drug-likeness (QED) is 0.762. The molecule has 1 heterocycles. The second-order valence-electron chi connectivity index (χ2n) is 3.84. The molecule has 0 fully saturated rings. The van der Waals surface area contributed by atoms with Crippen LogP contribution in [-0.2, 0) is 6.42 Å². The van der Waals surface area contributed by atoms with Crippen molar-refractivity contribution >= 4 is 17.3 Å². The van der Waals surface area contributed by atoms with Gasteiger partial charge in [-0.3, -0.25) is 0 Å². The van der Waals surface area contributed by atoms with Crippen molar-refractivity contribution in [1.29, 1.82) is 0 Å². The van der Waals surface area contributed by atoms with Crippen molar-refractivity contribution in [3.05, 3.63) is 28.8 Å². The lowest BCUT2D eigenvalue weighted by atomic mass is 9.98. The average Bonchev–Trinajstić information content (AvgIpc) is 2.16. The van der Waals surface area contributed by atoms with E-state index >= 15 is 0 Å². The average molecular weight is 211 g/mol. The molecule has 0 radical (unpaired) electrons. The fourth-order valence-electron chi connectivity index (χ4n) is 2.04. The zero-order chi connectivity index (χ0) is 10.1. The summed E-state index contributed by atoms with van der Waals surface area (Å²) >= 11 is 5.98. The maximum Gasteiger partial charge on any atom is 0.0410 e. The highest BCUT2D eigenvalue weighted by Crippen LogP contribution is 2.28. The van der Waals surface area contributed by atoms with E-state index in [0.717, 1.165) is 18.0 Å². The first-order valence-corrected chi connectivity index (χ1v) is 5.25. The molecule has 3 heteroatoms. The van der Waals surface area contributed by atoms with Crippen LogP contribution in [0.2, 0.25) is 5.02 Å². The zero-order valence-corrected chi connectivity index (χ0v) is 9.30. The summed E-state index contributed by atoms with van der Waals surface area (Å²) in [5, 5.41) is 4.14. The van der Waals surface area contributed by atoms with Crippen LogP contribution >= 0.6 is 11.6 Å². The van der Waals surface area contributed by atoms with Gasteiger partial charge in [-0.2, -0.15) is 0 Å². The molecule has 0 bridgehead atoms. The van der Waals surface area contributed by atoms with E-state index in [1.807, 2.05) is 13.1 Å². The van der Waals surface area contributed by atoms with Gasteiger partial charge in [0, 0.05) is 30.3 Å². The number of nitrogens with one attached hydrogen (secondary N) is 1. The number of fused-ring (bicyclic) bond motifs is 1. The second kappa shape index (κ2) is 3.79. The Bertz CT molecular complexity index is 338. The van der Waals surface area contributed by atoms with Gasteiger partial charge in [-0.1, -0.05) is 11.6 Å². The van der Waals surface area contributed by atoms with Crippen molar-refractivity contribution in [1.82, 2.24) is 5.32 Å². The number of hydrogen-bond acceptors (Lipinski definition) is 2. The Hall–Kier alpha value is -0.730. The number of halogens is 1. The molecule has 1 aromatic rings. The summed E-state index contributed by atoms with van der Waals surface area (Å²) in [5.41, 5.74) is 2.64. The molecule has 1 aliphatic heterocycles. The lowest BCUT2D eigenvalue weighted by molar-refractivity contribution is 0.538. The van der Waals surface area contributed by atoms with Crippen molar-refractivity contribution in [3.8, 4) is 0 Å². The molecule has 0 spiro atoms. The van der Waals surface area contributed by atoms with Crippen LogP contribution in [0, 0.1) is 0 Å². The van der Waals surface area contributed by atoms with Crippen molar-refractivity contribution in [2.24, 2.45) is 0 Å². The van der Waals surface area contributed by atoms with Gasteiger partial charge in [0.2, 0.25) is 0 Å². The predicted octanol–water partition coefficient (Wildman–Crippen LogP) is 1.92. The topological polar surface area (TPSA) is 15.3 Å². The largest absolute Gasteiger partial charge is 0.373 e. The summed E-state index contributed by atoms with van der Waals surface area (Å²) in [5.74, 6) is 0. The molecule has 2 rings (SSSR count). The summed E-state index contributed by atoms with van der Waals surface area (Å²) in [6.45, 7) is 1.06. The first kappa shape index (κ1) is 9.81. The van der Waals surface area contributed by atoms with Crippen LogP contribution < -0.4 is 10.2 Å². The van der Waals surface area contributed by atoms with Crippen LogP contribution in [0.15, 0.2) is 18.2 Å².